The highest BCUT2D eigenvalue weighted by atomic mass is 35.5. The van der Waals surface area contributed by atoms with Crippen LogP contribution in [0.5, 0.6) is 17.4 Å². The molecule has 2 N–H and O–H groups in total. The Balaban J connectivity index is 1.19. The van der Waals surface area contributed by atoms with Crippen LogP contribution >= 0.6 is 23.1 Å². The van der Waals surface area contributed by atoms with Gasteiger partial charge in [0.15, 0.2) is 12.4 Å². The van der Waals surface area contributed by atoms with Gasteiger partial charge < -0.3 is 29.3 Å². The molecule has 1 atom stereocenters. The molecule has 3 aromatic heterocycles. The fraction of sp³-hybridized carbons (Fsp3) is 0.341. The molecule has 3 aromatic carbocycles. The number of para-hydroxylation sites is 1. The van der Waals surface area contributed by atoms with Crippen LogP contribution in [0.25, 0.3) is 32.5 Å². The number of benzene rings is 3. The molecule has 17 heteroatoms. The molecule has 1 saturated heterocycles. The average molecular weight is 841 g/mol. The van der Waals surface area contributed by atoms with Crippen molar-refractivity contribution in [1.82, 2.24) is 28.9 Å². The first-order chi connectivity index (χ1) is 27.8. The van der Waals surface area contributed by atoms with E-state index in [0.29, 0.717) is 66.7 Å². The molecule has 0 radical (unpaired) electrons. The standard InChI is InChI=1S/C41H41ClF4N6O5S/c1-25-30(11-12-32(37(25)42)55-20-19-51-17-15-50(2)16-18-51)35-36-34(22-47-38(35)26-7-9-28(43)10-8-26)58-49-39(36)57-33(40(53)54)21-27-5-3-4-6-31(27)56-23-29-13-14-48-52(29)24-41(44,45)46/h3-14,22,33,40,53-54H,15-21,23-24H2,1-2H3. The molecule has 11 nitrogen and oxygen atoms in total. The van der Waals surface area contributed by atoms with Crippen LogP contribution in [0.2, 0.25) is 5.02 Å². The summed E-state index contributed by atoms with van der Waals surface area (Å²) in [6.45, 7) is 5.51. The Morgan fingerprint density at radius 1 is 0.948 bits per heavy atom. The van der Waals surface area contributed by atoms with Gasteiger partial charge in [-0.15, -0.1) is 0 Å². The summed E-state index contributed by atoms with van der Waals surface area (Å²) in [7, 11) is 2.11. The first-order valence-corrected chi connectivity index (χ1v) is 19.7. The topological polar surface area (TPSA) is 118 Å². The SMILES string of the molecule is Cc1c(-c2c(-c3ccc(F)cc3)ncc3snc(OC(Cc4ccccc4OCc4ccnn4CC(F)(F)F)C(O)O)c23)ccc(OCCN2CCN(C)CC2)c1Cl. The summed E-state index contributed by atoms with van der Waals surface area (Å²) in [5, 5.41) is 26.0. The third-order valence-corrected chi connectivity index (χ3v) is 11.2. The van der Waals surface area contributed by atoms with Gasteiger partial charge in [-0.25, -0.2) is 4.39 Å². The Morgan fingerprint density at radius 2 is 1.71 bits per heavy atom. The lowest BCUT2D eigenvalue weighted by molar-refractivity contribution is -0.143. The minimum absolute atomic E-state index is 0.0784. The van der Waals surface area contributed by atoms with Gasteiger partial charge in [0.2, 0.25) is 5.88 Å². The smallest absolute Gasteiger partial charge is 0.408 e. The summed E-state index contributed by atoms with van der Waals surface area (Å²) in [6, 6.07) is 17.8. The van der Waals surface area contributed by atoms with E-state index in [1.807, 2.05) is 13.0 Å². The highest BCUT2D eigenvalue weighted by molar-refractivity contribution is 7.13. The van der Waals surface area contributed by atoms with Gasteiger partial charge in [-0.2, -0.15) is 22.6 Å². The van der Waals surface area contributed by atoms with Crippen molar-refractivity contribution in [3.63, 3.8) is 0 Å². The second-order valence-electron chi connectivity index (χ2n) is 14.0. The number of hydrogen-bond donors (Lipinski definition) is 2. The zero-order valence-corrected chi connectivity index (χ0v) is 33.2. The molecular formula is C41H41ClF4N6O5S. The number of hydrogen-bond acceptors (Lipinski definition) is 11. The van der Waals surface area contributed by atoms with E-state index in [1.54, 1.807) is 48.7 Å². The van der Waals surface area contributed by atoms with Crippen molar-refractivity contribution in [3.8, 4) is 39.8 Å². The van der Waals surface area contributed by atoms with Gasteiger partial charge in [-0.05, 0) is 84.7 Å². The average Bonchev–Trinajstić information content (AvgIpc) is 3.82. The van der Waals surface area contributed by atoms with Crippen molar-refractivity contribution in [2.75, 3.05) is 46.4 Å². The minimum atomic E-state index is -4.47. The van der Waals surface area contributed by atoms with E-state index in [4.69, 9.17) is 30.8 Å². The predicted molar refractivity (Wildman–Crippen MR) is 213 cm³/mol. The van der Waals surface area contributed by atoms with Crippen LogP contribution in [0, 0.1) is 12.7 Å². The third kappa shape index (κ3) is 9.71. The summed E-state index contributed by atoms with van der Waals surface area (Å²) in [4.78, 5) is 9.43. The second-order valence-corrected chi connectivity index (χ2v) is 15.2. The molecule has 0 spiro atoms. The Labute approximate surface area is 341 Å². The lowest BCUT2D eigenvalue weighted by Crippen LogP contribution is -2.45. The number of likely N-dealkylation sites (N-methyl/N-ethyl adjacent to an activating group) is 1. The van der Waals surface area contributed by atoms with E-state index < -0.39 is 30.9 Å². The number of halogens is 5. The highest BCUT2D eigenvalue weighted by Gasteiger charge is 2.30. The van der Waals surface area contributed by atoms with E-state index in [1.165, 1.54) is 24.4 Å². The van der Waals surface area contributed by atoms with Gasteiger partial charge in [0.25, 0.3) is 0 Å². The van der Waals surface area contributed by atoms with E-state index in [9.17, 15) is 27.8 Å². The number of rotatable bonds is 15. The van der Waals surface area contributed by atoms with E-state index in [-0.39, 0.29) is 24.6 Å². The predicted octanol–water partition coefficient (Wildman–Crippen LogP) is 7.39. The van der Waals surface area contributed by atoms with Gasteiger partial charge in [-0.3, -0.25) is 14.6 Å². The molecule has 4 heterocycles. The maximum Gasteiger partial charge on any atom is 0.408 e. The van der Waals surface area contributed by atoms with Gasteiger partial charge in [0.05, 0.1) is 26.5 Å². The van der Waals surface area contributed by atoms with E-state index >= 15 is 0 Å². The van der Waals surface area contributed by atoms with Crippen LogP contribution < -0.4 is 14.2 Å². The summed E-state index contributed by atoms with van der Waals surface area (Å²) >= 11 is 8.11. The van der Waals surface area contributed by atoms with Crippen molar-refractivity contribution >= 4 is 33.2 Å². The van der Waals surface area contributed by atoms with Crippen LogP contribution in [0.1, 0.15) is 16.8 Å². The number of aliphatic hydroxyl groups is 2. The number of nitrogens with zero attached hydrogens (tertiary/aromatic N) is 6. The van der Waals surface area contributed by atoms with Crippen LogP contribution in [-0.2, 0) is 19.6 Å². The number of fused-ring (bicyclic) bond motifs is 1. The normalized spacial score (nSPS) is 14.7. The molecule has 0 amide bonds. The number of piperazine rings is 1. The van der Waals surface area contributed by atoms with Crippen LogP contribution in [0.15, 0.2) is 79.1 Å². The molecule has 1 unspecified atom stereocenters. The van der Waals surface area contributed by atoms with Gasteiger partial charge in [0.1, 0.15) is 37.1 Å². The molecule has 1 aliphatic heterocycles. The van der Waals surface area contributed by atoms with E-state index in [0.717, 1.165) is 48.9 Å². The summed E-state index contributed by atoms with van der Waals surface area (Å²) in [5.74, 6) is 0.506. The Bertz CT molecular complexity index is 2330. The molecule has 0 aliphatic carbocycles. The molecule has 0 saturated carbocycles. The monoisotopic (exact) mass is 840 g/mol. The van der Waals surface area contributed by atoms with Crippen LogP contribution in [0.4, 0.5) is 17.6 Å². The number of aromatic nitrogens is 4. The molecule has 6 aromatic rings. The minimum Gasteiger partial charge on any atom is -0.491 e. The van der Waals surface area contributed by atoms with Gasteiger partial charge in [-0.1, -0.05) is 35.9 Å². The molecule has 306 valence electrons. The summed E-state index contributed by atoms with van der Waals surface area (Å²) in [5.41, 5.74) is 3.77. The number of pyridine rings is 1. The highest BCUT2D eigenvalue weighted by Crippen LogP contribution is 2.46. The van der Waals surface area contributed by atoms with Gasteiger partial charge >= 0.3 is 6.18 Å². The molecule has 1 fully saturated rings. The zero-order valence-electron chi connectivity index (χ0n) is 31.6. The van der Waals surface area contributed by atoms with Crippen LogP contribution in [-0.4, -0.2) is 104 Å². The number of alkyl halides is 3. The van der Waals surface area contributed by atoms with E-state index in [2.05, 4.69) is 26.3 Å². The van der Waals surface area contributed by atoms with Gasteiger partial charge in [0, 0.05) is 62.7 Å². The van der Waals surface area contributed by atoms with Crippen molar-refractivity contribution < 1.29 is 42.0 Å². The quantitative estimate of drug-likeness (QED) is 0.0801. The first-order valence-electron chi connectivity index (χ1n) is 18.5. The summed E-state index contributed by atoms with van der Waals surface area (Å²) < 4.78 is 77.9. The molecule has 0 bridgehead atoms. The maximum atomic E-state index is 14.1. The molecular weight excluding hydrogens is 800 g/mol. The third-order valence-electron chi connectivity index (χ3n) is 9.98. The lowest BCUT2D eigenvalue weighted by atomic mass is 9.93. The van der Waals surface area contributed by atoms with Crippen molar-refractivity contribution in [3.05, 3.63) is 107 Å². The fourth-order valence-electron chi connectivity index (χ4n) is 6.81. The first kappa shape index (κ1) is 41.3. The fourth-order valence-corrected chi connectivity index (χ4v) is 7.72. The Morgan fingerprint density at radius 3 is 2.45 bits per heavy atom. The number of aliphatic hydroxyl groups excluding tert-OH is 1. The van der Waals surface area contributed by atoms with Crippen molar-refractivity contribution in [2.45, 2.75) is 45.1 Å². The largest absolute Gasteiger partial charge is 0.491 e. The summed E-state index contributed by atoms with van der Waals surface area (Å²) in [6.07, 6.45) is -4.92. The van der Waals surface area contributed by atoms with Crippen LogP contribution in [0.3, 0.4) is 0 Å². The molecule has 1 aliphatic rings. The Hall–Kier alpha value is -4.84. The van der Waals surface area contributed by atoms with Crippen molar-refractivity contribution in [1.29, 1.82) is 0 Å². The lowest BCUT2D eigenvalue weighted by Gasteiger charge is -2.32. The number of ether oxygens (including phenoxy) is 3. The molecule has 58 heavy (non-hydrogen) atoms. The van der Waals surface area contributed by atoms with Crippen molar-refractivity contribution in [2.24, 2.45) is 0 Å². The Kier molecular flexibility index (Phi) is 12.8. The second kappa shape index (κ2) is 18.0. The molecule has 7 rings (SSSR count). The zero-order chi connectivity index (χ0) is 41.0. The maximum absolute atomic E-state index is 14.1.